The first-order chi connectivity index (χ1) is 7.95. The molecular formula is C12H16N2O3. The molecule has 0 saturated carbocycles. The van der Waals surface area contributed by atoms with Crippen molar-refractivity contribution in [2.24, 2.45) is 5.73 Å². The number of carbonyl (C=O) groups excluding carboxylic acids is 1. The van der Waals surface area contributed by atoms with Gasteiger partial charge in [0.2, 0.25) is 5.91 Å². The lowest BCUT2D eigenvalue weighted by Gasteiger charge is -2.22. The summed E-state index contributed by atoms with van der Waals surface area (Å²) in [5, 5.41) is 8.91. The van der Waals surface area contributed by atoms with Gasteiger partial charge in [-0.25, -0.2) is 4.79 Å². The van der Waals surface area contributed by atoms with Gasteiger partial charge in [-0.15, -0.1) is 0 Å². The Morgan fingerprint density at radius 3 is 2.47 bits per heavy atom. The van der Waals surface area contributed by atoms with Crippen molar-refractivity contribution in [1.82, 2.24) is 0 Å². The van der Waals surface area contributed by atoms with E-state index < -0.39 is 11.9 Å². The highest BCUT2D eigenvalue weighted by Crippen LogP contribution is 2.19. The Kier molecular flexibility index (Phi) is 4.09. The van der Waals surface area contributed by atoms with E-state index in [9.17, 15) is 9.59 Å². The molecule has 1 rings (SSSR count). The van der Waals surface area contributed by atoms with E-state index in [4.69, 9.17) is 10.8 Å². The highest BCUT2D eigenvalue weighted by Gasteiger charge is 2.11. The average molecular weight is 236 g/mol. The van der Waals surface area contributed by atoms with Gasteiger partial charge in [-0.1, -0.05) is 0 Å². The van der Waals surface area contributed by atoms with Gasteiger partial charge in [0.25, 0.3) is 0 Å². The molecule has 1 aromatic carbocycles. The van der Waals surface area contributed by atoms with Crippen LogP contribution in [0.1, 0.15) is 22.8 Å². The van der Waals surface area contributed by atoms with E-state index in [2.05, 4.69) is 0 Å². The number of carboxylic acids is 1. The van der Waals surface area contributed by atoms with Crippen LogP contribution in [0, 0.1) is 6.92 Å². The monoisotopic (exact) mass is 236 g/mol. The molecule has 0 spiro atoms. The number of aryl methyl sites for hydroxylation is 1. The van der Waals surface area contributed by atoms with Crippen molar-refractivity contribution in [2.75, 3.05) is 18.0 Å². The number of rotatable bonds is 5. The molecule has 0 atom stereocenters. The maximum absolute atomic E-state index is 10.9. The Morgan fingerprint density at radius 2 is 2.06 bits per heavy atom. The number of likely N-dealkylation sites (N-methyl/N-ethyl adjacent to an activating group) is 1. The summed E-state index contributed by atoms with van der Waals surface area (Å²) in [6.45, 7) is 4.39. The highest BCUT2D eigenvalue weighted by molar-refractivity contribution is 5.90. The van der Waals surface area contributed by atoms with Gasteiger partial charge < -0.3 is 15.7 Å². The minimum Gasteiger partial charge on any atom is -0.478 e. The summed E-state index contributed by atoms with van der Waals surface area (Å²) >= 11 is 0. The molecule has 1 amide bonds. The fourth-order valence-electron chi connectivity index (χ4n) is 1.66. The maximum Gasteiger partial charge on any atom is 0.335 e. The molecule has 0 aromatic heterocycles. The molecule has 1 aromatic rings. The second kappa shape index (κ2) is 5.34. The van der Waals surface area contributed by atoms with Crippen LogP contribution in [-0.2, 0) is 4.79 Å². The molecule has 92 valence electrons. The topological polar surface area (TPSA) is 83.6 Å². The number of anilines is 1. The fourth-order valence-corrected chi connectivity index (χ4v) is 1.66. The molecule has 0 aliphatic carbocycles. The highest BCUT2D eigenvalue weighted by atomic mass is 16.4. The summed E-state index contributed by atoms with van der Waals surface area (Å²) in [4.78, 5) is 23.5. The summed E-state index contributed by atoms with van der Waals surface area (Å²) in [5.41, 5.74) is 6.88. The Hall–Kier alpha value is -2.04. The largest absolute Gasteiger partial charge is 0.478 e. The lowest BCUT2D eigenvalue weighted by Crippen LogP contribution is -2.33. The molecular weight excluding hydrogens is 220 g/mol. The van der Waals surface area contributed by atoms with E-state index in [0.29, 0.717) is 12.1 Å². The number of primary amides is 1. The van der Waals surface area contributed by atoms with E-state index in [1.165, 1.54) is 6.07 Å². The first kappa shape index (κ1) is 13.0. The smallest absolute Gasteiger partial charge is 0.335 e. The number of hydrogen-bond acceptors (Lipinski definition) is 3. The maximum atomic E-state index is 10.9. The molecule has 0 heterocycles. The van der Waals surface area contributed by atoms with Crippen LogP contribution in [0.4, 0.5) is 5.69 Å². The lowest BCUT2D eigenvalue weighted by molar-refractivity contribution is -0.116. The minimum absolute atomic E-state index is 0.127. The molecule has 5 nitrogen and oxygen atoms in total. The van der Waals surface area contributed by atoms with Crippen LogP contribution in [0.25, 0.3) is 0 Å². The quantitative estimate of drug-likeness (QED) is 0.799. The molecule has 5 heteroatoms. The van der Waals surface area contributed by atoms with E-state index in [1.54, 1.807) is 24.0 Å². The molecule has 3 N–H and O–H groups in total. The SMILES string of the molecule is CCN(CC(N)=O)c1ccc(C(=O)O)c(C)c1. The summed E-state index contributed by atoms with van der Waals surface area (Å²) in [6.07, 6.45) is 0. The van der Waals surface area contributed by atoms with Crippen molar-refractivity contribution < 1.29 is 14.7 Å². The normalized spacial score (nSPS) is 10.0. The molecule has 0 radical (unpaired) electrons. The standard InChI is InChI=1S/C12H16N2O3/c1-3-14(7-11(13)15)9-4-5-10(12(16)17)8(2)6-9/h4-6H,3,7H2,1-2H3,(H2,13,15)(H,16,17). The Balaban J connectivity index is 3.02. The number of nitrogens with zero attached hydrogens (tertiary/aromatic N) is 1. The van der Waals surface area contributed by atoms with Crippen LogP contribution in [0.3, 0.4) is 0 Å². The zero-order valence-corrected chi connectivity index (χ0v) is 9.93. The van der Waals surface area contributed by atoms with Crippen LogP contribution in [0.2, 0.25) is 0 Å². The molecule has 0 bridgehead atoms. The number of benzene rings is 1. The third-order valence-electron chi connectivity index (χ3n) is 2.53. The van der Waals surface area contributed by atoms with Gasteiger partial charge in [0.1, 0.15) is 0 Å². The van der Waals surface area contributed by atoms with E-state index in [0.717, 1.165) is 5.69 Å². The molecule has 0 aliphatic heterocycles. The average Bonchev–Trinajstić information content (AvgIpc) is 2.24. The van der Waals surface area contributed by atoms with Crippen molar-refractivity contribution in [1.29, 1.82) is 0 Å². The summed E-state index contributed by atoms with van der Waals surface area (Å²) in [7, 11) is 0. The van der Waals surface area contributed by atoms with Crippen LogP contribution < -0.4 is 10.6 Å². The first-order valence-electron chi connectivity index (χ1n) is 5.33. The molecule has 0 unspecified atom stereocenters. The predicted molar refractivity (Wildman–Crippen MR) is 65.2 cm³/mol. The van der Waals surface area contributed by atoms with Crippen molar-refractivity contribution in [2.45, 2.75) is 13.8 Å². The van der Waals surface area contributed by atoms with Crippen molar-refractivity contribution >= 4 is 17.6 Å². The second-order valence-electron chi connectivity index (χ2n) is 3.78. The van der Waals surface area contributed by atoms with Crippen molar-refractivity contribution in [3.8, 4) is 0 Å². The third-order valence-corrected chi connectivity index (χ3v) is 2.53. The fraction of sp³-hybridized carbons (Fsp3) is 0.333. The van der Waals surface area contributed by atoms with Gasteiger partial charge in [0, 0.05) is 12.2 Å². The molecule has 0 saturated heterocycles. The van der Waals surface area contributed by atoms with Gasteiger partial charge in [-0.05, 0) is 37.6 Å². The summed E-state index contributed by atoms with van der Waals surface area (Å²) in [5.74, 6) is -1.36. The van der Waals surface area contributed by atoms with Gasteiger partial charge in [-0.3, -0.25) is 4.79 Å². The molecule has 0 aliphatic rings. The van der Waals surface area contributed by atoms with Gasteiger partial charge in [0.15, 0.2) is 0 Å². The van der Waals surface area contributed by atoms with Crippen LogP contribution in [0.5, 0.6) is 0 Å². The molecule has 0 fully saturated rings. The van der Waals surface area contributed by atoms with Gasteiger partial charge >= 0.3 is 5.97 Å². The van der Waals surface area contributed by atoms with Crippen LogP contribution in [-0.4, -0.2) is 30.1 Å². The second-order valence-corrected chi connectivity index (χ2v) is 3.78. The van der Waals surface area contributed by atoms with Crippen molar-refractivity contribution in [3.05, 3.63) is 29.3 Å². The van der Waals surface area contributed by atoms with Crippen molar-refractivity contribution in [3.63, 3.8) is 0 Å². The number of carboxylic acid groups (broad SMARTS) is 1. The Labute approximate surface area is 99.8 Å². The molecule has 17 heavy (non-hydrogen) atoms. The summed E-state index contributed by atoms with van der Waals surface area (Å²) < 4.78 is 0. The Bertz CT molecular complexity index is 443. The predicted octanol–water partition coefficient (Wildman–Crippen LogP) is 1.00. The van der Waals surface area contributed by atoms with Crippen LogP contribution in [0.15, 0.2) is 18.2 Å². The van der Waals surface area contributed by atoms with E-state index in [-0.39, 0.29) is 12.1 Å². The number of nitrogens with two attached hydrogens (primary N) is 1. The van der Waals surface area contributed by atoms with Gasteiger partial charge in [0.05, 0.1) is 12.1 Å². The number of carbonyl (C=O) groups is 2. The first-order valence-corrected chi connectivity index (χ1v) is 5.33. The zero-order chi connectivity index (χ0) is 13.0. The number of amides is 1. The lowest BCUT2D eigenvalue weighted by atomic mass is 10.1. The number of aromatic carboxylic acids is 1. The minimum atomic E-state index is -0.952. The number of hydrogen-bond donors (Lipinski definition) is 2. The Morgan fingerprint density at radius 1 is 1.41 bits per heavy atom. The third kappa shape index (κ3) is 3.21. The van der Waals surface area contributed by atoms with Crippen LogP contribution >= 0.6 is 0 Å². The van der Waals surface area contributed by atoms with E-state index >= 15 is 0 Å². The zero-order valence-electron chi connectivity index (χ0n) is 9.93. The van der Waals surface area contributed by atoms with Gasteiger partial charge in [-0.2, -0.15) is 0 Å². The van der Waals surface area contributed by atoms with E-state index in [1.807, 2.05) is 6.92 Å². The summed E-state index contributed by atoms with van der Waals surface area (Å²) in [6, 6.07) is 4.97.